The lowest BCUT2D eigenvalue weighted by atomic mass is 10.1. The quantitative estimate of drug-likeness (QED) is 0.652. The van der Waals surface area contributed by atoms with Gasteiger partial charge in [-0.25, -0.2) is 0 Å². The summed E-state index contributed by atoms with van der Waals surface area (Å²) in [5.41, 5.74) is 0. The summed E-state index contributed by atoms with van der Waals surface area (Å²) < 4.78 is 5.66. The van der Waals surface area contributed by atoms with Gasteiger partial charge in [0, 0.05) is 12.6 Å². The SMILES string of the molecule is CC(C)CNCCCCCCN1CC(C)OCC1C. The van der Waals surface area contributed by atoms with Crippen molar-refractivity contribution in [3.63, 3.8) is 0 Å². The van der Waals surface area contributed by atoms with E-state index < -0.39 is 0 Å². The van der Waals surface area contributed by atoms with E-state index in [2.05, 4.69) is 37.9 Å². The largest absolute Gasteiger partial charge is 0.376 e. The summed E-state index contributed by atoms with van der Waals surface area (Å²) in [5.74, 6) is 0.768. The Balaban J connectivity index is 1.92. The molecule has 0 aliphatic carbocycles. The lowest BCUT2D eigenvalue weighted by Gasteiger charge is -2.36. The molecule has 3 nitrogen and oxygen atoms in total. The molecule has 1 fully saturated rings. The van der Waals surface area contributed by atoms with Gasteiger partial charge in [-0.3, -0.25) is 4.90 Å². The Hall–Kier alpha value is -0.120. The van der Waals surface area contributed by atoms with E-state index in [-0.39, 0.29) is 0 Å². The van der Waals surface area contributed by atoms with Crippen LogP contribution in [0.1, 0.15) is 53.4 Å². The first kappa shape index (κ1) is 16.9. The van der Waals surface area contributed by atoms with Crippen LogP contribution in [-0.4, -0.2) is 49.8 Å². The van der Waals surface area contributed by atoms with Crippen LogP contribution in [0.3, 0.4) is 0 Å². The molecule has 1 aliphatic heterocycles. The summed E-state index contributed by atoms with van der Waals surface area (Å²) >= 11 is 0. The number of morpholine rings is 1. The standard InChI is InChI=1S/C16H34N2O/c1-14(2)11-17-9-7-5-6-8-10-18-12-16(4)19-13-15(18)3/h14-17H,5-13H2,1-4H3. The van der Waals surface area contributed by atoms with Gasteiger partial charge in [0.2, 0.25) is 0 Å². The highest BCUT2D eigenvalue weighted by Gasteiger charge is 2.22. The van der Waals surface area contributed by atoms with E-state index in [9.17, 15) is 0 Å². The fourth-order valence-corrected chi connectivity index (χ4v) is 2.59. The van der Waals surface area contributed by atoms with Gasteiger partial charge in [-0.15, -0.1) is 0 Å². The van der Waals surface area contributed by atoms with Crippen LogP contribution in [0, 0.1) is 5.92 Å². The Morgan fingerprint density at radius 2 is 1.89 bits per heavy atom. The molecule has 0 radical (unpaired) electrons. The van der Waals surface area contributed by atoms with Gasteiger partial charge in [-0.2, -0.15) is 0 Å². The van der Waals surface area contributed by atoms with Crippen molar-refractivity contribution in [3.05, 3.63) is 0 Å². The molecule has 2 atom stereocenters. The predicted octanol–water partition coefficient (Wildman–Crippen LogP) is 2.90. The highest BCUT2D eigenvalue weighted by atomic mass is 16.5. The topological polar surface area (TPSA) is 24.5 Å². The summed E-state index contributed by atoms with van der Waals surface area (Å²) in [6.45, 7) is 14.6. The van der Waals surface area contributed by atoms with Gasteiger partial charge in [0.15, 0.2) is 0 Å². The Bertz CT molecular complexity index is 221. The van der Waals surface area contributed by atoms with Crippen LogP contribution in [0.25, 0.3) is 0 Å². The highest BCUT2D eigenvalue weighted by Crippen LogP contribution is 2.12. The molecule has 0 aromatic heterocycles. The van der Waals surface area contributed by atoms with Gasteiger partial charge < -0.3 is 10.1 Å². The van der Waals surface area contributed by atoms with Gasteiger partial charge in [-0.1, -0.05) is 26.7 Å². The van der Waals surface area contributed by atoms with Crippen LogP contribution < -0.4 is 5.32 Å². The average Bonchev–Trinajstić information content (AvgIpc) is 2.36. The molecule has 1 heterocycles. The van der Waals surface area contributed by atoms with E-state index in [1.165, 1.54) is 38.8 Å². The summed E-state index contributed by atoms with van der Waals surface area (Å²) in [4.78, 5) is 2.59. The smallest absolute Gasteiger partial charge is 0.0674 e. The first-order chi connectivity index (χ1) is 9.09. The zero-order valence-electron chi connectivity index (χ0n) is 13.5. The minimum atomic E-state index is 0.413. The van der Waals surface area contributed by atoms with Crippen molar-refractivity contribution in [2.24, 2.45) is 5.92 Å². The second-order valence-electron chi connectivity index (χ2n) is 6.50. The lowest BCUT2D eigenvalue weighted by molar-refractivity contribution is -0.0496. The zero-order valence-corrected chi connectivity index (χ0v) is 13.5. The minimum absolute atomic E-state index is 0.413. The van der Waals surface area contributed by atoms with Crippen LogP contribution in [0.15, 0.2) is 0 Å². The average molecular weight is 270 g/mol. The monoisotopic (exact) mass is 270 g/mol. The van der Waals surface area contributed by atoms with Gasteiger partial charge in [0.25, 0.3) is 0 Å². The van der Waals surface area contributed by atoms with E-state index in [0.717, 1.165) is 25.6 Å². The Labute approximate surface area is 120 Å². The molecular formula is C16H34N2O. The fourth-order valence-electron chi connectivity index (χ4n) is 2.59. The second kappa shape index (κ2) is 9.73. The fraction of sp³-hybridized carbons (Fsp3) is 1.00. The van der Waals surface area contributed by atoms with Crippen molar-refractivity contribution < 1.29 is 4.74 Å². The van der Waals surface area contributed by atoms with E-state index in [1.807, 2.05) is 0 Å². The van der Waals surface area contributed by atoms with E-state index >= 15 is 0 Å². The maximum absolute atomic E-state index is 5.66. The van der Waals surface area contributed by atoms with Gasteiger partial charge in [0.1, 0.15) is 0 Å². The number of ether oxygens (including phenoxy) is 1. The van der Waals surface area contributed by atoms with E-state index in [4.69, 9.17) is 4.74 Å². The first-order valence-corrected chi connectivity index (χ1v) is 8.16. The predicted molar refractivity (Wildman–Crippen MR) is 82.6 cm³/mol. The molecule has 0 aromatic rings. The highest BCUT2D eigenvalue weighted by molar-refractivity contribution is 4.74. The summed E-state index contributed by atoms with van der Waals surface area (Å²) in [6.07, 6.45) is 5.79. The number of hydrogen-bond acceptors (Lipinski definition) is 3. The Morgan fingerprint density at radius 1 is 1.16 bits per heavy atom. The molecule has 0 amide bonds. The number of rotatable bonds is 9. The third-order valence-corrected chi connectivity index (χ3v) is 3.84. The molecule has 19 heavy (non-hydrogen) atoms. The molecule has 0 spiro atoms. The second-order valence-corrected chi connectivity index (χ2v) is 6.50. The summed E-state index contributed by atoms with van der Waals surface area (Å²) in [6, 6.07) is 0.601. The van der Waals surface area contributed by atoms with Gasteiger partial charge in [-0.05, 0) is 52.2 Å². The Kier molecular flexibility index (Phi) is 8.67. The van der Waals surface area contributed by atoms with Crippen molar-refractivity contribution in [3.8, 4) is 0 Å². The number of unbranched alkanes of at least 4 members (excludes halogenated alkanes) is 3. The van der Waals surface area contributed by atoms with E-state index in [0.29, 0.717) is 12.1 Å². The molecular weight excluding hydrogens is 236 g/mol. The third kappa shape index (κ3) is 7.91. The zero-order chi connectivity index (χ0) is 14.1. The van der Waals surface area contributed by atoms with Crippen molar-refractivity contribution in [2.45, 2.75) is 65.5 Å². The summed E-state index contributed by atoms with van der Waals surface area (Å²) in [5, 5.41) is 3.51. The molecule has 3 heteroatoms. The van der Waals surface area contributed by atoms with E-state index in [1.54, 1.807) is 0 Å². The van der Waals surface area contributed by atoms with Crippen LogP contribution >= 0.6 is 0 Å². The molecule has 114 valence electrons. The molecule has 1 N–H and O–H groups in total. The molecule has 0 saturated carbocycles. The van der Waals surface area contributed by atoms with Crippen molar-refractivity contribution in [1.82, 2.24) is 10.2 Å². The van der Waals surface area contributed by atoms with Gasteiger partial charge >= 0.3 is 0 Å². The van der Waals surface area contributed by atoms with Crippen molar-refractivity contribution >= 4 is 0 Å². The number of nitrogens with zero attached hydrogens (tertiary/aromatic N) is 1. The Morgan fingerprint density at radius 3 is 2.63 bits per heavy atom. The molecule has 1 saturated heterocycles. The maximum Gasteiger partial charge on any atom is 0.0674 e. The van der Waals surface area contributed by atoms with Crippen molar-refractivity contribution in [1.29, 1.82) is 0 Å². The van der Waals surface area contributed by atoms with Crippen LogP contribution in [0.2, 0.25) is 0 Å². The molecule has 0 aromatic carbocycles. The first-order valence-electron chi connectivity index (χ1n) is 8.16. The lowest BCUT2D eigenvalue weighted by Crippen LogP contribution is -2.47. The molecule has 1 rings (SSSR count). The number of nitrogens with one attached hydrogen (secondary N) is 1. The molecule has 2 unspecified atom stereocenters. The van der Waals surface area contributed by atoms with Crippen LogP contribution in [-0.2, 0) is 4.74 Å². The normalized spacial score (nSPS) is 25.1. The maximum atomic E-state index is 5.66. The van der Waals surface area contributed by atoms with Crippen molar-refractivity contribution in [2.75, 3.05) is 32.8 Å². The van der Waals surface area contributed by atoms with Crippen LogP contribution in [0.4, 0.5) is 0 Å². The van der Waals surface area contributed by atoms with Gasteiger partial charge in [0.05, 0.1) is 12.7 Å². The number of hydrogen-bond donors (Lipinski definition) is 1. The summed E-state index contributed by atoms with van der Waals surface area (Å²) in [7, 11) is 0. The molecule has 0 bridgehead atoms. The van der Waals surface area contributed by atoms with Crippen LogP contribution in [0.5, 0.6) is 0 Å². The molecule has 1 aliphatic rings. The minimum Gasteiger partial charge on any atom is -0.376 e. The third-order valence-electron chi connectivity index (χ3n) is 3.84.